The van der Waals surface area contributed by atoms with Crippen LogP contribution < -0.4 is 5.32 Å². The van der Waals surface area contributed by atoms with Gasteiger partial charge < -0.3 is 10.1 Å². The summed E-state index contributed by atoms with van der Waals surface area (Å²) in [7, 11) is 0. The van der Waals surface area contributed by atoms with Gasteiger partial charge in [-0.3, -0.25) is 4.79 Å². The fourth-order valence-electron chi connectivity index (χ4n) is 2.39. The van der Waals surface area contributed by atoms with Gasteiger partial charge in [0.05, 0.1) is 22.2 Å². The van der Waals surface area contributed by atoms with Crippen LogP contribution in [-0.2, 0) is 14.3 Å². The Bertz CT molecular complexity index is 625. The van der Waals surface area contributed by atoms with Gasteiger partial charge in [0.15, 0.2) is 0 Å². The van der Waals surface area contributed by atoms with Gasteiger partial charge in [0, 0.05) is 18.0 Å². The number of amides is 1. The number of carbonyl (C=O) groups is 2. The smallest absolute Gasteiger partial charge is 0.336 e. The van der Waals surface area contributed by atoms with Crippen LogP contribution in [0.2, 0.25) is 10.0 Å². The van der Waals surface area contributed by atoms with E-state index in [1.807, 2.05) is 0 Å². The monoisotopic (exact) mass is 327 g/mol. The molecule has 0 radical (unpaired) electrons. The topological polar surface area (TPSA) is 55.4 Å². The molecular formula is C15H15Cl2NO3. The molecular weight excluding hydrogens is 313 g/mol. The lowest BCUT2D eigenvalue weighted by molar-refractivity contribution is -0.139. The van der Waals surface area contributed by atoms with Crippen molar-refractivity contribution in [2.24, 2.45) is 0 Å². The SMILES string of the molecule is CCOC(=O)C1=C(C)NC(=O)C[C@@H]1c1ccc(Cl)c(Cl)c1. The molecule has 0 saturated heterocycles. The third-order valence-electron chi connectivity index (χ3n) is 3.31. The maximum Gasteiger partial charge on any atom is 0.336 e. The van der Waals surface area contributed by atoms with Crippen molar-refractivity contribution in [3.8, 4) is 0 Å². The first-order valence-corrected chi connectivity index (χ1v) is 7.32. The van der Waals surface area contributed by atoms with Crippen molar-refractivity contribution in [1.82, 2.24) is 5.32 Å². The Labute approximate surface area is 133 Å². The molecule has 1 aromatic carbocycles. The molecule has 0 aromatic heterocycles. The van der Waals surface area contributed by atoms with Crippen LogP contribution >= 0.6 is 23.2 Å². The number of esters is 1. The van der Waals surface area contributed by atoms with E-state index in [-0.39, 0.29) is 24.9 Å². The fraction of sp³-hybridized carbons (Fsp3) is 0.333. The van der Waals surface area contributed by atoms with Gasteiger partial charge in [0.2, 0.25) is 5.91 Å². The molecule has 6 heteroatoms. The number of halogens is 2. The fourth-order valence-corrected chi connectivity index (χ4v) is 2.70. The summed E-state index contributed by atoms with van der Waals surface area (Å²) in [6, 6.07) is 5.10. The molecule has 21 heavy (non-hydrogen) atoms. The lowest BCUT2D eigenvalue weighted by atomic mass is 9.84. The summed E-state index contributed by atoms with van der Waals surface area (Å²) >= 11 is 11.9. The van der Waals surface area contributed by atoms with Crippen molar-refractivity contribution in [2.75, 3.05) is 6.61 Å². The van der Waals surface area contributed by atoms with Crippen LogP contribution in [0, 0.1) is 0 Å². The van der Waals surface area contributed by atoms with Crippen LogP contribution in [-0.4, -0.2) is 18.5 Å². The zero-order chi connectivity index (χ0) is 15.6. The third kappa shape index (κ3) is 3.39. The van der Waals surface area contributed by atoms with Gasteiger partial charge in [0.1, 0.15) is 0 Å². The molecule has 1 heterocycles. The summed E-state index contributed by atoms with van der Waals surface area (Å²) in [6.07, 6.45) is 0.170. The highest BCUT2D eigenvalue weighted by molar-refractivity contribution is 6.42. The summed E-state index contributed by atoms with van der Waals surface area (Å²) in [4.78, 5) is 23.9. The van der Waals surface area contributed by atoms with Crippen molar-refractivity contribution in [1.29, 1.82) is 0 Å². The number of carbonyl (C=O) groups excluding carboxylic acids is 2. The highest BCUT2D eigenvalue weighted by Gasteiger charge is 2.32. The van der Waals surface area contributed by atoms with E-state index in [0.717, 1.165) is 5.56 Å². The van der Waals surface area contributed by atoms with Crippen LogP contribution in [0.4, 0.5) is 0 Å². The molecule has 0 fully saturated rings. The summed E-state index contributed by atoms with van der Waals surface area (Å²) in [5, 5.41) is 3.49. The van der Waals surface area contributed by atoms with Gasteiger partial charge in [0.25, 0.3) is 0 Å². The van der Waals surface area contributed by atoms with Gasteiger partial charge in [-0.2, -0.15) is 0 Å². The van der Waals surface area contributed by atoms with Crippen molar-refractivity contribution in [2.45, 2.75) is 26.2 Å². The first kappa shape index (κ1) is 15.9. The van der Waals surface area contributed by atoms with Gasteiger partial charge in [-0.15, -0.1) is 0 Å². The largest absolute Gasteiger partial charge is 0.463 e. The molecule has 0 saturated carbocycles. The first-order chi connectivity index (χ1) is 9.93. The Morgan fingerprint density at radius 3 is 2.71 bits per heavy atom. The standard InChI is InChI=1S/C15H15Cl2NO3/c1-3-21-15(20)14-8(2)18-13(19)7-10(14)9-4-5-11(16)12(17)6-9/h4-6,10H,3,7H2,1-2H3,(H,18,19)/t10-/m1/s1. The molecule has 112 valence electrons. The lowest BCUT2D eigenvalue weighted by Gasteiger charge is -2.26. The van der Waals surface area contributed by atoms with Gasteiger partial charge in [-0.05, 0) is 31.5 Å². The minimum absolute atomic E-state index is 0.142. The summed E-state index contributed by atoms with van der Waals surface area (Å²) in [5.74, 6) is -0.949. The molecule has 1 amide bonds. The van der Waals surface area contributed by atoms with Crippen molar-refractivity contribution < 1.29 is 14.3 Å². The van der Waals surface area contributed by atoms with E-state index < -0.39 is 5.97 Å². The zero-order valence-electron chi connectivity index (χ0n) is 11.7. The van der Waals surface area contributed by atoms with Crippen LogP contribution in [0.5, 0.6) is 0 Å². The highest BCUT2D eigenvalue weighted by Crippen LogP contribution is 2.36. The molecule has 2 rings (SSSR count). The van der Waals surface area contributed by atoms with Crippen LogP contribution in [0.1, 0.15) is 31.7 Å². The van der Waals surface area contributed by atoms with Crippen molar-refractivity contribution in [3.05, 3.63) is 45.1 Å². The van der Waals surface area contributed by atoms with E-state index in [4.69, 9.17) is 27.9 Å². The molecule has 0 unspecified atom stereocenters. The number of hydrogen-bond donors (Lipinski definition) is 1. The molecule has 0 aliphatic carbocycles. The lowest BCUT2D eigenvalue weighted by Crippen LogP contribution is -2.34. The van der Waals surface area contributed by atoms with E-state index in [1.165, 1.54) is 0 Å². The predicted octanol–water partition coefficient (Wildman–Crippen LogP) is 3.43. The summed E-state index contributed by atoms with van der Waals surface area (Å²) < 4.78 is 5.09. The predicted molar refractivity (Wildman–Crippen MR) is 81.3 cm³/mol. The molecule has 1 aliphatic rings. The molecule has 4 nitrogen and oxygen atoms in total. The third-order valence-corrected chi connectivity index (χ3v) is 4.05. The highest BCUT2D eigenvalue weighted by atomic mass is 35.5. The van der Waals surface area contributed by atoms with E-state index in [2.05, 4.69) is 5.32 Å². The number of rotatable bonds is 3. The second-order valence-electron chi connectivity index (χ2n) is 4.74. The molecule has 1 N–H and O–H groups in total. The maximum absolute atomic E-state index is 12.2. The number of ether oxygens (including phenoxy) is 1. The van der Waals surface area contributed by atoms with Crippen LogP contribution in [0.15, 0.2) is 29.5 Å². The molecule has 0 spiro atoms. The Morgan fingerprint density at radius 2 is 2.10 bits per heavy atom. The van der Waals surface area contributed by atoms with Crippen molar-refractivity contribution in [3.63, 3.8) is 0 Å². The minimum atomic E-state index is -0.425. The normalized spacial score (nSPS) is 18.5. The number of hydrogen-bond acceptors (Lipinski definition) is 3. The van der Waals surface area contributed by atoms with E-state index in [9.17, 15) is 9.59 Å². The quantitative estimate of drug-likeness (QED) is 0.865. The van der Waals surface area contributed by atoms with Gasteiger partial charge >= 0.3 is 5.97 Å². The average molecular weight is 328 g/mol. The van der Waals surface area contributed by atoms with Gasteiger partial charge in [-0.1, -0.05) is 29.3 Å². The zero-order valence-corrected chi connectivity index (χ0v) is 13.2. The Hall–Kier alpha value is -1.52. The molecule has 0 bridgehead atoms. The Morgan fingerprint density at radius 1 is 1.38 bits per heavy atom. The van der Waals surface area contributed by atoms with E-state index in [0.29, 0.717) is 21.3 Å². The number of benzene rings is 1. The number of allylic oxidation sites excluding steroid dienone is 1. The second-order valence-corrected chi connectivity index (χ2v) is 5.55. The Balaban J connectivity index is 2.46. The molecule has 1 atom stereocenters. The summed E-state index contributed by atoms with van der Waals surface area (Å²) in [5.41, 5.74) is 1.73. The summed E-state index contributed by atoms with van der Waals surface area (Å²) in [6.45, 7) is 3.70. The van der Waals surface area contributed by atoms with Gasteiger partial charge in [-0.25, -0.2) is 4.79 Å². The second kappa shape index (κ2) is 6.50. The van der Waals surface area contributed by atoms with E-state index >= 15 is 0 Å². The maximum atomic E-state index is 12.2. The van der Waals surface area contributed by atoms with Crippen molar-refractivity contribution >= 4 is 35.1 Å². The average Bonchev–Trinajstić information content (AvgIpc) is 2.41. The number of nitrogens with one attached hydrogen (secondary N) is 1. The molecule has 1 aliphatic heterocycles. The molecule has 1 aromatic rings. The minimum Gasteiger partial charge on any atom is -0.463 e. The van der Waals surface area contributed by atoms with Crippen LogP contribution in [0.25, 0.3) is 0 Å². The Kier molecular flexibility index (Phi) is 4.91. The first-order valence-electron chi connectivity index (χ1n) is 6.56. The van der Waals surface area contributed by atoms with Crippen LogP contribution in [0.3, 0.4) is 0 Å². The van der Waals surface area contributed by atoms with E-state index in [1.54, 1.807) is 32.0 Å².